The standard InChI is InChI=1S/C18H21ClN2O4/c1-11-13(19)4-3-5-14(11)21-16(22)10-15(17(21)23)20-8-6-12(7-9-20)18(24)25-2/h3-5,12,15H,6-10H2,1-2H3/t15-/m0/s1. The number of nitrogens with zero attached hydrogens (tertiary/aromatic N) is 2. The first kappa shape index (κ1) is 17.9. The Labute approximate surface area is 151 Å². The average molecular weight is 365 g/mol. The highest BCUT2D eigenvalue weighted by Gasteiger charge is 2.44. The number of halogens is 1. The van der Waals surface area contributed by atoms with E-state index in [1.54, 1.807) is 25.1 Å². The van der Waals surface area contributed by atoms with Gasteiger partial charge in [-0.3, -0.25) is 19.3 Å². The molecule has 2 aliphatic heterocycles. The lowest BCUT2D eigenvalue weighted by Gasteiger charge is -2.33. The van der Waals surface area contributed by atoms with E-state index in [2.05, 4.69) is 0 Å². The minimum atomic E-state index is -0.468. The summed E-state index contributed by atoms with van der Waals surface area (Å²) in [6.45, 7) is 3.01. The first-order valence-electron chi connectivity index (χ1n) is 8.37. The number of hydrogen-bond donors (Lipinski definition) is 0. The Morgan fingerprint density at radius 1 is 1.24 bits per heavy atom. The average Bonchev–Trinajstić information content (AvgIpc) is 2.91. The normalized spacial score (nSPS) is 22.5. The van der Waals surface area contributed by atoms with Crippen molar-refractivity contribution in [1.82, 2.24) is 4.90 Å². The Morgan fingerprint density at radius 3 is 2.56 bits per heavy atom. The third-order valence-corrected chi connectivity index (χ3v) is 5.52. The molecular formula is C18H21ClN2O4. The quantitative estimate of drug-likeness (QED) is 0.607. The summed E-state index contributed by atoms with van der Waals surface area (Å²) in [5, 5.41) is 0.528. The summed E-state index contributed by atoms with van der Waals surface area (Å²) in [5.74, 6) is -0.758. The van der Waals surface area contributed by atoms with Crippen LogP contribution in [0.3, 0.4) is 0 Å². The fraction of sp³-hybridized carbons (Fsp3) is 0.500. The van der Waals surface area contributed by atoms with Gasteiger partial charge in [0.2, 0.25) is 5.91 Å². The highest BCUT2D eigenvalue weighted by Crippen LogP contribution is 2.33. The van der Waals surface area contributed by atoms with Crippen LogP contribution in [0, 0.1) is 12.8 Å². The number of piperidine rings is 1. The molecule has 6 nitrogen and oxygen atoms in total. The number of carbonyl (C=O) groups excluding carboxylic acids is 3. The Balaban J connectivity index is 1.74. The number of ether oxygens (including phenoxy) is 1. The van der Waals surface area contributed by atoms with E-state index >= 15 is 0 Å². The maximum Gasteiger partial charge on any atom is 0.308 e. The van der Waals surface area contributed by atoms with Crippen molar-refractivity contribution >= 4 is 35.1 Å². The summed E-state index contributed by atoms with van der Waals surface area (Å²) in [7, 11) is 1.39. The van der Waals surface area contributed by atoms with Gasteiger partial charge in [0.05, 0.1) is 31.2 Å². The van der Waals surface area contributed by atoms with Gasteiger partial charge in [-0.2, -0.15) is 0 Å². The second kappa shape index (κ2) is 7.14. The smallest absolute Gasteiger partial charge is 0.308 e. The lowest BCUT2D eigenvalue weighted by atomic mass is 9.95. The maximum absolute atomic E-state index is 12.9. The summed E-state index contributed by atoms with van der Waals surface area (Å²) >= 11 is 6.13. The molecule has 134 valence electrons. The van der Waals surface area contributed by atoms with Gasteiger partial charge in [0, 0.05) is 5.02 Å². The zero-order valence-corrected chi connectivity index (χ0v) is 15.1. The van der Waals surface area contributed by atoms with E-state index in [4.69, 9.17) is 16.3 Å². The van der Waals surface area contributed by atoms with E-state index < -0.39 is 6.04 Å². The zero-order chi connectivity index (χ0) is 18.1. The van der Waals surface area contributed by atoms with Crippen molar-refractivity contribution in [2.45, 2.75) is 32.2 Å². The van der Waals surface area contributed by atoms with Gasteiger partial charge in [0.15, 0.2) is 0 Å². The third-order valence-electron chi connectivity index (χ3n) is 5.11. The van der Waals surface area contributed by atoms with Crippen molar-refractivity contribution in [3.05, 3.63) is 28.8 Å². The lowest BCUT2D eigenvalue weighted by Crippen LogP contribution is -2.47. The van der Waals surface area contributed by atoms with E-state index in [-0.39, 0.29) is 30.1 Å². The first-order chi connectivity index (χ1) is 11.9. The summed E-state index contributed by atoms with van der Waals surface area (Å²) < 4.78 is 4.79. The second-order valence-electron chi connectivity index (χ2n) is 6.50. The van der Waals surface area contributed by atoms with Gasteiger partial charge in [-0.05, 0) is 50.6 Å². The van der Waals surface area contributed by atoms with E-state index in [0.29, 0.717) is 36.6 Å². The van der Waals surface area contributed by atoms with Crippen LogP contribution in [0.4, 0.5) is 5.69 Å². The maximum atomic E-state index is 12.9. The fourth-order valence-electron chi connectivity index (χ4n) is 3.61. The number of rotatable bonds is 3. The highest BCUT2D eigenvalue weighted by molar-refractivity contribution is 6.32. The molecule has 0 spiro atoms. The molecule has 0 aliphatic carbocycles. The Hall–Kier alpha value is -1.92. The summed E-state index contributed by atoms with van der Waals surface area (Å²) in [4.78, 5) is 40.2. The topological polar surface area (TPSA) is 66.9 Å². The summed E-state index contributed by atoms with van der Waals surface area (Å²) in [5.41, 5.74) is 1.27. The van der Waals surface area contributed by atoms with Crippen LogP contribution in [0.1, 0.15) is 24.8 Å². The van der Waals surface area contributed by atoms with Gasteiger partial charge >= 0.3 is 5.97 Å². The number of benzene rings is 1. The third kappa shape index (κ3) is 3.28. The van der Waals surface area contributed by atoms with E-state index in [0.717, 1.165) is 5.56 Å². The lowest BCUT2D eigenvalue weighted by molar-refractivity contribution is -0.147. The number of imide groups is 1. The van der Waals surface area contributed by atoms with Crippen molar-refractivity contribution in [1.29, 1.82) is 0 Å². The van der Waals surface area contributed by atoms with Crippen LogP contribution < -0.4 is 4.90 Å². The van der Waals surface area contributed by atoms with Gasteiger partial charge in [-0.25, -0.2) is 4.90 Å². The molecule has 2 amide bonds. The van der Waals surface area contributed by atoms with Gasteiger partial charge in [-0.1, -0.05) is 17.7 Å². The highest BCUT2D eigenvalue weighted by atomic mass is 35.5. The van der Waals surface area contributed by atoms with Crippen molar-refractivity contribution in [3.8, 4) is 0 Å². The van der Waals surface area contributed by atoms with E-state index in [1.807, 2.05) is 4.90 Å². The molecular weight excluding hydrogens is 344 g/mol. The molecule has 2 fully saturated rings. The molecule has 1 aromatic rings. The van der Waals surface area contributed by atoms with Crippen LogP contribution in [0.5, 0.6) is 0 Å². The zero-order valence-electron chi connectivity index (χ0n) is 14.3. The molecule has 7 heteroatoms. The van der Waals surface area contributed by atoms with E-state index in [9.17, 15) is 14.4 Å². The van der Waals surface area contributed by atoms with Crippen LogP contribution in [0.2, 0.25) is 5.02 Å². The molecule has 0 aromatic heterocycles. The number of anilines is 1. The second-order valence-corrected chi connectivity index (χ2v) is 6.91. The van der Waals surface area contributed by atoms with Gasteiger partial charge < -0.3 is 4.74 Å². The molecule has 0 radical (unpaired) electrons. The molecule has 2 saturated heterocycles. The monoisotopic (exact) mass is 364 g/mol. The van der Waals surface area contributed by atoms with Gasteiger partial charge in [0.1, 0.15) is 0 Å². The molecule has 1 atom stereocenters. The van der Waals surface area contributed by atoms with Gasteiger partial charge in [-0.15, -0.1) is 0 Å². The minimum absolute atomic E-state index is 0.125. The SMILES string of the molecule is COC(=O)C1CCN([C@H]2CC(=O)N(c3cccc(Cl)c3C)C2=O)CC1. The molecule has 0 saturated carbocycles. The van der Waals surface area contributed by atoms with Crippen molar-refractivity contribution < 1.29 is 19.1 Å². The van der Waals surface area contributed by atoms with Crippen LogP contribution in [0.25, 0.3) is 0 Å². The number of amides is 2. The summed E-state index contributed by atoms with van der Waals surface area (Å²) in [6, 6.07) is 4.74. The summed E-state index contributed by atoms with van der Waals surface area (Å²) in [6.07, 6.45) is 1.44. The van der Waals surface area contributed by atoms with Crippen LogP contribution >= 0.6 is 11.6 Å². The molecule has 0 N–H and O–H groups in total. The molecule has 2 aliphatic rings. The first-order valence-corrected chi connectivity index (χ1v) is 8.75. The number of carbonyl (C=O) groups is 3. The number of esters is 1. The van der Waals surface area contributed by atoms with Gasteiger partial charge in [0.25, 0.3) is 5.91 Å². The molecule has 2 heterocycles. The number of methoxy groups -OCH3 is 1. The Kier molecular flexibility index (Phi) is 5.11. The predicted octanol–water partition coefficient (Wildman–Crippen LogP) is 2.17. The van der Waals surface area contributed by atoms with Crippen LogP contribution in [0.15, 0.2) is 18.2 Å². The van der Waals surface area contributed by atoms with E-state index in [1.165, 1.54) is 12.0 Å². The molecule has 25 heavy (non-hydrogen) atoms. The number of likely N-dealkylation sites (tertiary alicyclic amines) is 1. The molecule has 3 rings (SSSR count). The Morgan fingerprint density at radius 2 is 1.92 bits per heavy atom. The molecule has 1 aromatic carbocycles. The van der Waals surface area contributed by atoms with Crippen molar-refractivity contribution in [2.24, 2.45) is 5.92 Å². The van der Waals surface area contributed by atoms with Crippen LogP contribution in [-0.2, 0) is 19.1 Å². The van der Waals surface area contributed by atoms with Crippen molar-refractivity contribution in [3.63, 3.8) is 0 Å². The minimum Gasteiger partial charge on any atom is -0.469 e. The predicted molar refractivity (Wildman–Crippen MR) is 93.4 cm³/mol. The Bertz CT molecular complexity index is 713. The van der Waals surface area contributed by atoms with Crippen molar-refractivity contribution in [2.75, 3.05) is 25.1 Å². The molecule has 0 unspecified atom stereocenters. The fourth-order valence-corrected chi connectivity index (χ4v) is 3.78. The largest absolute Gasteiger partial charge is 0.469 e. The van der Waals surface area contributed by atoms with Crippen LogP contribution in [-0.4, -0.2) is 48.9 Å². The molecule has 0 bridgehead atoms. The number of hydrogen-bond acceptors (Lipinski definition) is 5.